The molecule has 1 heterocycles. The Labute approximate surface area is 54.1 Å². The van der Waals surface area contributed by atoms with Crippen LogP contribution in [0.2, 0.25) is 0 Å². The number of carbonyl (C=O) groups is 1. The number of carbonyl (C=O) groups excluding carboxylic acids is 1. The molecule has 0 aromatic heterocycles. The van der Waals surface area contributed by atoms with Crippen LogP contribution in [-0.4, -0.2) is 24.9 Å². The van der Waals surface area contributed by atoms with Gasteiger partial charge in [-0.3, -0.25) is 0 Å². The number of alkyl halides is 3. The molecule has 1 N–H and O–H groups in total. The Kier molecular flexibility index (Phi) is 1.46. The fourth-order valence-corrected chi connectivity index (χ4v) is 0.571. The minimum Gasteiger partial charge on any atom is -0.435 e. The first-order valence-corrected chi connectivity index (χ1v) is 2.51. The van der Waals surface area contributed by atoms with Crippen molar-refractivity contribution in [3.05, 3.63) is 0 Å². The maximum Gasteiger partial charge on any atom is 0.427 e. The molecule has 0 aromatic carbocycles. The van der Waals surface area contributed by atoms with Crippen molar-refractivity contribution in [1.29, 1.82) is 0 Å². The normalized spacial score (nSPS) is 25.9. The number of alkyl carbamates (subject to hydrolysis) is 1. The molecule has 0 bridgehead atoms. The van der Waals surface area contributed by atoms with Gasteiger partial charge in [0, 0.05) is 0 Å². The Balaban J connectivity index is 2.53. The summed E-state index contributed by atoms with van der Waals surface area (Å²) in [6.45, 7) is -0.484. The fraction of sp³-hybridized carbons (Fsp3) is 0.750. The Morgan fingerprint density at radius 1 is 1.60 bits per heavy atom. The standard InChI is InChI=1S/C4H4F3NO2/c5-4(6,7)2-1-8-3(9)10-2/h2H,1H2,(H,8,9). The number of cyclic esters (lactones) is 1. The first-order valence-electron chi connectivity index (χ1n) is 2.51. The first kappa shape index (κ1) is 7.17. The lowest BCUT2D eigenvalue weighted by atomic mass is 10.4. The summed E-state index contributed by atoms with van der Waals surface area (Å²) >= 11 is 0. The van der Waals surface area contributed by atoms with Gasteiger partial charge in [-0.1, -0.05) is 0 Å². The minimum absolute atomic E-state index is 0.484. The first-order chi connectivity index (χ1) is 4.50. The average molecular weight is 155 g/mol. The third-order valence-electron chi connectivity index (χ3n) is 1.05. The highest BCUT2D eigenvalue weighted by Gasteiger charge is 2.46. The zero-order chi connectivity index (χ0) is 7.78. The van der Waals surface area contributed by atoms with E-state index in [2.05, 4.69) is 4.74 Å². The quantitative estimate of drug-likeness (QED) is 0.557. The van der Waals surface area contributed by atoms with Crippen LogP contribution in [0.15, 0.2) is 0 Å². The van der Waals surface area contributed by atoms with Gasteiger partial charge in [0.15, 0.2) is 0 Å². The summed E-state index contributed by atoms with van der Waals surface area (Å²) in [7, 11) is 0. The summed E-state index contributed by atoms with van der Waals surface area (Å²) in [5, 5.41) is 1.89. The topological polar surface area (TPSA) is 38.3 Å². The van der Waals surface area contributed by atoms with Gasteiger partial charge in [0.25, 0.3) is 0 Å². The van der Waals surface area contributed by atoms with Crippen molar-refractivity contribution in [3.63, 3.8) is 0 Å². The summed E-state index contributed by atoms with van der Waals surface area (Å²) in [4.78, 5) is 10.1. The van der Waals surface area contributed by atoms with E-state index in [-0.39, 0.29) is 0 Å². The lowest BCUT2D eigenvalue weighted by molar-refractivity contribution is -0.191. The summed E-state index contributed by atoms with van der Waals surface area (Å²) in [5.74, 6) is 0. The highest BCUT2D eigenvalue weighted by Crippen LogP contribution is 2.24. The molecule has 1 unspecified atom stereocenters. The van der Waals surface area contributed by atoms with Crippen molar-refractivity contribution >= 4 is 6.09 Å². The predicted octanol–water partition coefficient (Wildman–Crippen LogP) is 0.657. The molecule has 0 radical (unpaired) electrons. The predicted molar refractivity (Wildman–Crippen MR) is 24.3 cm³/mol. The van der Waals surface area contributed by atoms with Gasteiger partial charge in [-0.25, -0.2) is 4.79 Å². The zero-order valence-corrected chi connectivity index (χ0v) is 4.73. The van der Waals surface area contributed by atoms with Crippen LogP contribution >= 0.6 is 0 Å². The Morgan fingerprint density at radius 2 is 2.20 bits per heavy atom. The number of hydrogen-bond donors (Lipinski definition) is 1. The van der Waals surface area contributed by atoms with E-state index in [1.165, 1.54) is 0 Å². The number of rotatable bonds is 0. The maximum absolute atomic E-state index is 11.6. The van der Waals surface area contributed by atoms with E-state index < -0.39 is 24.9 Å². The van der Waals surface area contributed by atoms with Crippen molar-refractivity contribution in [1.82, 2.24) is 5.32 Å². The van der Waals surface area contributed by atoms with Crippen LogP contribution in [0.5, 0.6) is 0 Å². The van der Waals surface area contributed by atoms with Crippen molar-refractivity contribution in [2.24, 2.45) is 0 Å². The lowest BCUT2D eigenvalue weighted by Crippen LogP contribution is -2.31. The molecule has 0 saturated carbocycles. The largest absolute Gasteiger partial charge is 0.435 e. The Bertz CT molecular complexity index is 155. The van der Waals surface area contributed by atoms with E-state index in [0.29, 0.717) is 0 Å². The van der Waals surface area contributed by atoms with Gasteiger partial charge >= 0.3 is 12.3 Å². The molecule has 1 fully saturated rings. The Morgan fingerprint density at radius 3 is 2.40 bits per heavy atom. The van der Waals surface area contributed by atoms with Gasteiger partial charge in [-0.15, -0.1) is 0 Å². The number of nitrogens with one attached hydrogen (secondary N) is 1. The van der Waals surface area contributed by atoms with Gasteiger partial charge in [0.1, 0.15) is 0 Å². The molecule has 0 spiro atoms. The van der Waals surface area contributed by atoms with Crippen molar-refractivity contribution in [2.75, 3.05) is 6.54 Å². The smallest absolute Gasteiger partial charge is 0.427 e. The van der Waals surface area contributed by atoms with Crippen molar-refractivity contribution in [2.45, 2.75) is 12.3 Å². The molecule has 1 aliphatic rings. The van der Waals surface area contributed by atoms with Crippen LogP contribution in [0.4, 0.5) is 18.0 Å². The van der Waals surface area contributed by atoms with Crippen molar-refractivity contribution < 1.29 is 22.7 Å². The van der Waals surface area contributed by atoms with Crippen LogP contribution < -0.4 is 5.32 Å². The SMILES string of the molecule is O=C1NCC(C(F)(F)F)O1. The van der Waals surface area contributed by atoms with Crippen molar-refractivity contribution in [3.8, 4) is 0 Å². The summed E-state index contributed by atoms with van der Waals surface area (Å²) in [6, 6.07) is 0. The van der Waals surface area contributed by atoms with Gasteiger partial charge < -0.3 is 10.1 Å². The molecular weight excluding hydrogens is 151 g/mol. The second-order valence-electron chi connectivity index (χ2n) is 1.82. The number of halogens is 3. The second-order valence-corrected chi connectivity index (χ2v) is 1.82. The van der Waals surface area contributed by atoms with Gasteiger partial charge in [-0.2, -0.15) is 13.2 Å². The summed E-state index contributed by atoms with van der Waals surface area (Å²) < 4.78 is 38.7. The van der Waals surface area contributed by atoms with E-state index in [4.69, 9.17) is 0 Å². The Hall–Kier alpha value is -0.940. The van der Waals surface area contributed by atoms with Crippen LogP contribution in [0.25, 0.3) is 0 Å². The molecule has 1 amide bonds. The monoisotopic (exact) mass is 155 g/mol. The number of amides is 1. The molecule has 0 aliphatic carbocycles. The van der Waals surface area contributed by atoms with E-state index in [0.717, 1.165) is 0 Å². The second kappa shape index (κ2) is 2.03. The minimum atomic E-state index is -4.45. The molecule has 1 aliphatic heterocycles. The van der Waals surface area contributed by atoms with Crippen LogP contribution in [0, 0.1) is 0 Å². The number of hydrogen-bond acceptors (Lipinski definition) is 2. The van der Waals surface area contributed by atoms with E-state index in [1.54, 1.807) is 0 Å². The fourth-order valence-electron chi connectivity index (χ4n) is 0.571. The highest BCUT2D eigenvalue weighted by atomic mass is 19.4. The van der Waals surface area contributed by atoms with Crippen LogP contribution in [0.1, 0.15) is 0 Å². The molecule has 6 heteroatoms. The third-order valence-corrected chi connectivity index (χ3v) is 1.05. The molecule has 1 saturated heterocycles. The molecule has 3 nitrogen and oxygen atoms in total. The molecule has 1 atom stereocenters. The summed E-state index contributed by atoms with van der Waals surface area (Å²) in [5.41, 5.74) is 0. The third kappa shape index (κ3) is 1.31. The van der Waals surface area contributed by atoms with E-state index >= 15 is 0 Å². The van der Waals surface area contributed by atoms with Crippen LogP contribution in [-0.2, 0) is 4.74 Å². The molecule has 0 aromatic rings. The van der Waals surface area contributed by atoms with Gasteiger partial charge in [-0.05, 0) is 0 Å². The van der Waals surface area contributed by atoms with E-state index in [9.17, 15) is 18.0 Å². The molecular formula is C4H4F3NO2. The molecule has 1 rings (SSSR count). The zero-order valence-electron chi connectivity index (χ0n) is 4.73. The highest BCUT2D eigenvalue weighted by molar-refractivity contribution is 5.69. The molecule has 10 heavy (non-hydrogen) atoms. The maximum atomic E-state index is 11.6. The lowest BCUT2D eigenvalue weighted by Gasteiger charge is -2.10. The summed E-state index contributed by atoms with van der Waals surface area (Å²) in [6.07, 6.45) is -7.43. The molecule has 58 valence electrons. The number of ether oxygens (including phenoxy) is 1. The van der Waals surface area contributed by atoms with Gasteiger partial charge in [0.05, 0.1) is 6.54 Å². The average Bonchev–Trinajstić information content (AvgIpc) is 2.11. The van der Waals surface area contributed by atoms with Crippen LogP contribution in [0.3, 0.4) is 0 Å². The van der Waals surface area contributed by atoms with E-state index in [1.807, 2.05) is 5.32 Å². The van der Waals surface area contributed by atoms with Gasteiger partial charge in [0.2, 0.25) is 6.10 Å².